The standard InChI is InChI=1S/C15H21N3S/c1-3-16-13-7-8-17-14(10-13)11-18(4-2)12-15-6-5-9-19-15/h5-10H,3-4,11-12H2,1-2H3,(H,16,17). The number of hydrogen-bond acceptors (Lipinski definition) is 4. The Labute approximate surface area is 119 Å². The molecule has 0 aliphatic rings. The van der Waals surface area contributed by atoms with Gasteiger partial charge in [-0.15, -0.1) is 11.3 Å². The van der Waals surface area contributed by atoms with Crippen LogP contribution in [0.4, 0.5) is 5.69 Å². The fourth-order valence-electron chi connectivity index (χ4n) is 2.01. The van der Waals surface area contributed by atoms with Crippen molar-refractivity contribution in [3.05, 3.63) is 46.4 Å². The van der Waals surface area contributed by atoms with Crippen LogP contribution in [-0.4, -0.2) is 23.0 Å². The molecule has 0 radical (unpaired) electrons. The number of nitrogens with one attached hydrogen (secondary N) is 1. The van der Waals surface area contributed by atoms with Gasteiger partial charge >= 0.3 is 0 Å². The Morgan fingerprint density at radius 3 is 2.84 bits per heavy atom. The van der Waals surface area contributed by atoms with Crippen molar-refractivity contribution in [2.75, 3.05) is 18.4 Å². The fourth-order valence-corrected chi connectivity index (χ4v) is 2.76. The Kier molecular flexibility index (Phi) is 5.36. The molecule has 0 bridgehead atoms. The zero-order valence-corrected chi connectivity index (χ0v) is 12.4. The van der Waals surface area contributed by atoms with Crippen molar-refractivity contribution in [2.45, 2.75) is 26.9 Å². The minimum Gasteiger partial charge on any atom is -0.385 e. The summed E-state index contributed by atoms with van der Waals surface area (Å²) in [5, 5.41) is 5.46. The van der Waals surface area contributed by atoms with Crippen molar-refractivity contribution in [1.82, 2.24) is 9.88 Å². The van der Waals surface area contributed by atoms with Crippen molar-refractivity contribution in [2.24, 2.45) is 0 Å². The SMILES string of the molecule is CCNc1ccnc(CN(CC)Cc2cccs2)c1. The van der Waals surface area contributed by atoms with E-state index in [4.69, 9.17) is 0 Å². The zero-order chi connectivity index (χ0) is 13.5. The van der Waals surface area contributed by atoms with Crippen LogP contribution < -0.4 is 5.32 Å². The maximum Gasteiger partial charge on any atom is 0.0564 e. The van der Waals surface area contributed by atoms with Gasteiger partial charge in [0, 0.05) is 36.4 Å². The summed E-state index contributed by atoms with van der Waals surface area (Å²) in [4.78, 5) is 8.27. The van der Waals surface area contributed by atoms with Crippen LogP contribution in [0.15, 0.2) is 35.8 Å². The molecule has 0 amide bonds. The highest BCUT2D eigenvalue weighted by Gasteiger charge is 2.07. The molecule has 0 fully saturated rings. The molecular formula is C15H21N3S. The van der Waals surface area contributed by atoms with E-state index >= 15 is 0 Å². The molecule has 0 aliphatic carbocycles. The normalized spacial score (nSPS) is 10.9. The molecule has 0 unspecified atom stereocenters. The average Bonchev–Trinajstić information content (AvgIpc) is 2.92. The highest BCUT2D eigenvalue weighted by atomic mass is 32.1. The van der Waals surface area contributed by atoms with E-state index in [0.29, 0.717) is 0 Å². The summed E-state index contributed by atoms with van der Waals surface area (Å²) in [6.07, 6.45) is 1.88. The molecule has 3 nitrogen and oxygen atoms in total. The smallest absolute Gasteiger partial charge is 0.0564 e. The molecule has 2 rings (SSSR count). The summed E-state index contributed by atoms with van der Waals surface area (Å²) < 4.78 is 0. The topological polar surface area (TPSA) is 28.2 Å². The lowest BCUT2D eigenvalue weighted by molar-refractivity contribution is 0.270. The quantitative estimate of drug-likeness (QED) is 0.837. The predicted octanol–water partition coefficient (Wildman–Crippen LogP) is 3.60. The van der Waals surface area contributed by atoms with Gasteiger partial charge in [-0.1, -0.05) is 13.0 Å². The van der Waals surface area contributed by atoms with E-state index in [9.17, 15) is 0 Å². The second-order valence-corrected chi connectivity index (χ2v) is 5.48. The van der Waals surface area contributed by atoms with Gasteiger partial charge in [0.2, 0.25) is 0 Å². The van der Waals surface area contributed by atoms with Gasteiger partial charge in [-0.25, -0.2) is 0 Å². The Bertz CT molecular complexity index is 482. The first-order valence-electron chi connectivity index (χ1n) is 6.75. The third-order valence-corrected chi connectivity index (χ3v) is 3.85. The van der Waals surface area contributed by atoms with Crippen LogP contribution in [0.25, 0.3) is 0 Å². The van der Waals surface area contributed by atoms with Gasteiger partial charge in [0.25, 0.3) is 0 Å². The van der Waals surface area contributed by atoms with Crippen LogP contribution in [0, 0.1) is 0 Å². The lowest BCUT2D eigenvalue weighted by atomic mass is 10.3. The number of anilines is 1. The third kappa shape index (κ3) is 4.33. The monoisotopic (exact) mass is 275 g/mol. The Balaban J connectivity index is 1.99. The Morgan fingerprint density at radius 1 is 1.26 bits per heavy atom. The molecule has 0 atom stereocenters. The molecular weight excluding hydrogens is 254 g/mol. The minimum atomic E-state index is 0.896. The molecule has 0 saturated heterocycles. The van der Waals surface area contributed by atoms with E-state index in [1.54, 1.807) is 0 Å². The zero-order valence-electron chi connectivity index (χ0n) is 11.6. The fraction of sp³-hybridized carbons (Fsp3) is 0.400. The van der Waals surface area contributed by atoms with E-state index in [1.165, 1.54) is 4.88 Å². The third-order valence-electron chi connectivity index (χ3n) is 2.99. The molecule has 2 heterocycles. The van der Waals surface area contributed by atoms with Crippen LogP contribution >= 0.6 is 11.3 Å². The molecule has 0 aliphatic heterocycles. The molecule has 102 valence electrons. The summed E-state index contributed by atoms with van der Waals surface area (Å²) in [5.74, 6) is 0. The Morgan fingerprint density at radius 2 is 2.16 bits per heavy atom. The maximum atomic E-state index is 4.46. The second kappa shape index (κ2) is 7.26. The van der Waals surface area contributed by atoms with Crippen molar-refractivity contribution in [3.63, 3.8) is 0 Å². The second-order valence-electron chi connectivity index (χ2n) is 4.45. The van der Waals surface area contributed by atoms with Crippen molar-refractivity contribution in [1.29, 1.82) is 0 Å². The molecule has 19 heavy (non-hydrogen) atoms. The molecule has 0 aromatic carbocycles. The molecule has 0 spiro atoms. The van der Waals surface area contributed by atoms with Gasteiger partial charge in [0.05, 0.1) is 5.69 Å². The van der Waals surface area contributed by atoms with Gasteiger partial charge < -0.3 is 5.32 Å². The molecule has 2 aromatic rings. The van der Waals surface area contributed by atoms with E-state index in [-0.39, 0.29) is 0 Å². The van der Waals surface area contributed by atoms with E-state index in [2.05, 4.69) is 52.6 Å². The van der Waals surface area contributed by atoms with Crippen molar-refractivity contribution >= 4 is 17.0 Å². The highest BCUT2D eigenvalue weighted by molar-refractivity contribution is 7.09. The predicted molar refractivity (Wildman–Crippen MR) is 82.5 cm³/mol. The van der Waals surface area contributed by atoms with Gasteiger partial charge in [-0.3, -0.25) is 9.88 Å². The van der Waals surface area contributed by atoms with Gasteiger partial charge in [-0.05, 0) is 37.0 Å². The summed E-state index contributed by atoms with van der Waals surface area (Å²) in [6, 6.07) is 8.46. The largest absolute Gasteiger partial charge is 0.385 e. The Hall–Kier alpha value is -1.39. The van der Waals surface area contributed by atoms with Crippen LogP contribution in [-0.2, 0) is 13.1 Å². The lowest BCUT2D eigenvalue weighted by Crippen LogP contribution is -2.22. The maximum absolute atomic E-state index is 4.46. The number of rotatable bonds is 7. The first-order chi connectivity index (χ1) is 9.31. The van der Waals surface area contributed by atoms with E-state index in [1.807, 2.05) is 23.6 Å². The van der Waals surface area contributed by atoms with Crippen molar-refractivity contribution in [3.8, 4) is 0 Å². The number of nitrogens with zero attached hydrogens (tertiary/aromatic N) is 2. The van der Waals surface area contributed by atoms with Crippen LogP contribution in [0.2, 0.25) is 0 Å². The van der Waals surface area contributed by atoms with E-state index < -0.39 is 0 Å². The first kappa shape index (κ1) is 14.0. The van der Waals surface area contributed by atoms with Crippen LogP contribution in [0.1, 0.15) is 24.4 Å². The minimum absolute atomic E-state index is 0.896. The number of thiophene rings is 1. The number of aromatic nitrogens is 1. The van der Waals surface area contributed by atoms with Crippen LogP contribution in [0.5, 0.6) is 0 Å². The lowest BCUT2D eigenvalue weighted by Gasteiger charge is -2.19. The van der Waals surface area contributed by atoms with Gasteiger partial charge in [0.1, 0.15) is 0 Å². The number of pyridine rings is 1. The first-order valence-corrected chi connectivity index (χ1v) is 7.63. The molecule has 4 heteroatoms. The molecule has 2 aromatic heterocycles. The summed E-state index contributed by atoms with van der Waals surface area (Å²) in [6.45, 7) is 8.17. The molecule has 0 saturated carbocycles. The van der Waals surface area contributed by atoms with Crippen LogP contribution in [0.3, 0.4) is 0 Å². The summed E-state index contributed by atoms with van der Waals surface area (Å²) >= 11 is 1.81. The summed E-state index contributed by atoms with van der Waals surface area (Å²) in [5.41, 5.74) is 2.27. The van der Waals surface area contributed by atoms with Gasteiger partial charge in [-0.2, -0.15) is 0 Å². The highest BCUT2D eigenvalue weighted by Crippen LogP contribution is 2.15. The average molecular weight is 275 g/mol. The summed E-state index contributed by atoms with van der Waals surface area (Å²) in [7, 11) is 0. The van der Waals surface area contributed by atoms with Gasteiger partial charge in [0.15, 0.2) is 0 Å². The van der Waals surface area contributed by atoms with E-state index in [0.717, 1.165) is 37.6 Å². The number of hydrogen-bond donors (Lipinski definition) is 1. The molecule has 1 N–H and O–H groups in total. The van der Waals surface area contributed by atoms with Crippen molar-refractivity contribution < 1.29 is 0 Å².